The van der Waals surface area contributed by atoms with Gasteiger partial charge in [0.15, 0.2) is 6.61 Å². The first-order valence-corrected chi connectivity index (χ1v) is 8.96. The second-order valence-electron chi connectivity index (χ2n) is 5.76. The fourth-order valence-electron chi connectivity index (χ4n) is 2.60. The van der Waals surface area contributed by atoms with Crippen LogP contribution in [0.5, 0.6) is 5.75 Å². The van der Waals surface area contributed by atoms with E-state index in [2.05, 4.69) is 10.0 Å². The number of rotatable bonds is 4. The monoisotopic (exact) mass is 346 g/mol. The fraction of sp³-hybridized carbons (Fsp3) is 0.235. The number of aryl methyl sites for hydroxylation is 2. The van der Waals surface area contributed by atoms with Gasteiger partial charge in [-0.1, -0.05) is 23.8 Å². The van der Waals surface area contributed by atoms with Gasteiger partial charge < -0.3 is 10.1 Å². The minimum absolute atomic E-state index is 0.00826. The number of carbonyl (C=O) groups is 1. The molecule has 24 heavy (non-hydrogen) atoms. The zero-order chi connectivity index (χ0) is 17.3. The Labute approximate surface area is 140 Å². The van der Waals surface area contributed by atoms with Crippen LogP contribution in [0.2, 0.25) is 0 Å². The second-order valence-corrected chi connectivity index (χ2v) is 7.50. The smallest absolute Gasteiger partial charge is 0.262 e. The average Bonchev–Trinajstić information content (AvgIpc) is 2.52. The molecule has 2 N–H and O–H groups in total. The van der Waals surface area contributed by atoms with Crippen molar-refractivity contribution >= 4 is 21.6 Å². The number of nitrogens with one attached hydrogen (secondary N) is 2. The highest BCUT2D eigenvalue weighted by molar-refractivity contribution is 7.89. The first kappa shape index (κ1) is 16.5. The molecule has 1 aliphatic heterocycles. The summed E-state index contributed by atoms with van der Waals surface area (Å²) in [5, 5.41) is 2.70. The zero-order valence-corrected chi connectivity index (χ0v) is 14.2. The molecule has 0 spiro atoms. The third-order valence-electron chi connectivity index (χ3n) is 3.76. The lowest BCUT2D eigenvalue weighted by molar-refractivity contribution is -0.118. The molecule has 6 nitrogen and oxygen atoms in total. The van der Waals surface area contributed by atoms with Crippen molar-refractivity contribution in [3.8, 4) is 5.75 Å². The third kappa shape index (κ3) is 3.42. The lowest BCUT2D eigenvalue weighted by Gasteiger charge is -2.18. The maximum absolute atomic E-state index is 12.5. The van der Waals surface area contributed by atoms with Gasteiger partial charge in [0.25, 0.3) is 5.91 Å². The number of ether oxygens (including phenoxy) is 1. The van der Waals surface area contributed by atoms with Crippen LogP contribution in [0.3, 0.4) is 0 Å². The van der Waals surface area contributed by atoms with E-state index in [4.69, 9.17) is 4.74 Å². The molecule has 0 radical (unpaired) electrons. The Kier molecular flexibility index (Phi) is 4.29. The standard InChI is InChI=1S/C17H18N2O4S/c1-11-3-6-16(12(2)7-11)24(21,22)18-9-13-4-5-15-14(8-13)19-17(20)10-23-15/h3-8,18H,9-10H2,1-2H3,(H,19,20). The Balaban J connectivity index is 1.77. The summed E-state index contributed by atoms with van der Waals surface area (Å²) in [5.74, 6) is 0.353. The number of fused-ring (bicyclic) bond motifs is 1. The largest absolute Gasteiger partial charge is 0.482 e. The van der Waals surface area contributed by atoms with Crippen molar-refractivity contribution in [2.75, 3.05) is 11.9 Å². The molecule has 126 valence electrons. The summed E-state index contributed by atoms with van der Waals surface area (Å²) in [6, 6.07) is 10.4. The van der Waals surface area contributed by atoms with Gasteiger partial charge in [0.1, 0.15) is 5.75 Å². The van der Waals surface area contributed by atoms with Crippen molar-refractivity contribution in [2.45, 2.75) is 25.3 Å². The van der Waals surface area contributed by atoms with E-state index < -0.39 is 10.0 Å². The van der Waals surface area contributed by atoms with Crippen LogP contribution in [0.1, 0.15) is 16.7 Å². The van der Waals surface area contributed by atoms with Crippen molar-refractivity contribution < 1.29 is 17.9 Å². The highest BCUT2D eigenvalue weighted by Crippen LogP contribution is 2.28. The molecule has 2 aromatic carbocycles. The maximum Gasteiger partial charge on any atom is 0.262 e. The van der Waals surface area contributed by atoms with Crippen molar-refractivity contribution in [1.29, 1.82) is 0 Å². The molecule has 0 bridgehead atoms. The van der Waals surface area contributed by atoms with Crippen molar-refractivity contribution in [1.82, 2.24) is 4.72 Å². The highest BCUT2D eigenvalue weighted by Gasteiger charge is 2.18. The van der Waals surface area contributed by atoms with Crippen LogP contribution in [0.4, 0.5) is 5.69 Å². The minimum atomic E-state index is -3.61. The van der Waals surface area contributed by atoms with E-state index in [0.717, 1.165) is 11.1 Å². The van der Waals surface area contributed by atoms with Gasteiger partial charge in [-0.15, -0.1) is 0 Å². The molecule has 0 aromatic heterocycles. The van der Waals surface area contributed by atoms with Crippen molar-refractivity contribution in [3.63, 3.8) is 0 Å². The van der Waals surface area contributed by atoms with E-state index in [-0.39, 0.29) is 24.0 Å². The fourth-order valence-corrected chi connectivity index (χ4v) is 3.84. The average molecular weight is 346 g/mol. The number of carbonyl (C=O) groups excluding carboxylic acids is 1. The van der Waals surface area contributed by atoms with Gasteiger partial charge >= 0.3 is 0 Å². The molecular weight excluding hydrogens is 328 g/mol. The summed E-state index contributed by atoms with van der Waals surface area (Å²) in [4.78, 5) is 11.6. The highest BCUT2D eigenvalue weighted by atomic mass is 32.2. The molecule has 1 aliphatic rings. The molecular formula is C17H18N2O4S. The molecule has 3 rings (SSSR count). The van der Waals surface area contributed by atoms with E-state index in [0.29, 0.717) is 17.0 Å². The van der Waals surface area contributed by atoms with E-state index >= 15 is 0 Å². The van der Waals surface area contributed by atoms with Gasteiger partial charge in [0.05, 0.1) is 10.6 Å². The van der Waals surface area contributed by atoms with Gasteiger partial charge in [-0.3, -0.25) is 4.79 Å². The van der Waals surface area contributed by atoms with E-state index in [1.165, 1.54) is 0 Å². The van der Waals surface area contributed by atoms with Crippen LogP contribution in [0, 0.1) is 13.8 Å². The topological polar surface area (TPSA) is 84.5 Å². The summed E-state index contributed by atoms with van der Waals surface area (Å²) in [6.07, 6.45) is 0. The van der Waals surface area contributed by atoms with Gasteiger partial charge in [0, 0.05) is 6.54 Å². The Morgan fingerprint density at radius 2 is 1.96 bits per heavy atom. The van der Waals surface area contributed by atoms with Crippen LogP contribution in [0.25, 0.3) is 0 Å². The quantitative estimate of drug-likeness (QED) is 0.888. The first-order valence-electron chi connectivity index (χ1n) is 7.48. The predicted octanol–water partition coefficient (Wildman–Crippen LogP) is 2.11. The summed E-state index contributed by atoms with van der Waals surface area (Å²) < 4.78 is 32.8. The molecule has 0 aliphatic carbocycles. The van der Waals surface area contributed by atoms with Crippen molar-refractivity contribution in [3.05, 3.63) is 53.1 Å². The number of sulfonamides is 1. The van der Waals surface area contributed by atoms with Crippen molar-refractivity contribution in [2.24, 2.45) is 0 Å². The maximum atomic E-state index is 12.5. The predicted molar refractivity (Wildman–Crippen MR) is 90.5 cm³/mol. The van der Waals surface area contributed by atoms with E-state index in [9.17, 15) is 13.2 Å². The Hall–Kier alpha value is -2.38. The van der Waals surface area contributed by atoms with Gasteiger partial charge in [-0.2, -0.15) is 0 Å². The molecule has 0 saturated carbocycles. The van der Waals surface area contributed by atoms with E-state index in [1.807, 2.05) is 13.0 Å². The SMILES string of the molecule is Cc1ccc(S(=O)(=O)NCc2ccc3c(c2)NC(=O)CO3)c(C)c1. The number of amides is 1. The Morgan fingerprint density at radius 3 is 2.71 bits per heavy atom. The zero-order valence-electron chi connectivity index (χ0n) is 13.4. The van der Waals surface area contributed by atoms with Crippen LogP contribution in [-0.4, -0.2) is 20.9 Å². The molecule has 2 aromatic rings. The van der Waals surface area contributed by atoms with Gasteiger partial charge in [-0.05, 0) is 43.2 Å². The minimum Gasteiger partial charge on any atom is -0.482 e. The third-order valence-corrected chi connectivity index (χ3v) is 5.32. The Morgan fingerprint density at radius 1 is 1.17 bits per heavy atom. The second kappa shape index (κ2) is 6.26. The lowest BCUT2D eigenvalue weighted by atomic mass is 10.1. The first-order chi connectivity index (χ1) is 11.3. The number of hydrogen-bond acceptors (Lipinski definition) is 4. The van der Waals surface area contributed by atoms with E-state index in [1.54, 1.807) is 37.3 Å². The van der Waals surface area contributed by atoms with Gasteiger partial charge in [0.2, 0.25) is 10.0 Å². The van der Waals surface area contributed by atoms with Gasteiger partial charge in [-0.25, -0.2) is 13.1 Å². The normalized spacial score (nSPS) is 13.8. The Bertz CT molecular complexity index is 907. The molecule has 1 heterocycles. The van der Waals surface area contributed by atoms with Crippen LogP contribution >= 0.6 is 0 Å². The van der Waals surface area contributed by atoms with Crippen LogP contribution in [-0.2, 0) is 21.4 Å². The lowest BCUT2D eigenvalue weighted by Crippen LogP contribution is -2.26. The number of hydrogen-bond donors (Lipinski definition) is 2. The summed E-state index contributed by atoms with van der Waals surface area (Å²) in [7, 11) is -3.61. The molecule has 0 fully saturated rings. The number of anilines is 1. The van der Waals surface area contributed by atoms with Crippen LogP contribution in [0.15, 0.2) is 41.3 Å². The molecule has 0 saturated heterocycles. The molecule has 0 atom stereocenters. The molecule has 7 heteroatoms. The number of benzene rings is 2. The summed E-state index contributed by atoms with van der Waals surface area (Å²) in [5.41, 5.74) is 2.99. The summed E-state index contributed by atoms with van der Waals surface area (Å²) in [6.45, 7) is 3.80. The summed E-state index contributed by atoms with van der Waals surface area (Å²) >= 11 is 0. The molecule has 1 amide bonds. The molecule has 0 unspecified atom stereocenters. The van der Waals surface area contributed by atoms with Crippen LogP contribution < -0.4 is 14.8 Å².